The van der Waals surface area contributed by atoms with Crippen LogP contribution < -0.4 is 10.5 Å². The predicted octanol–water partition coefficient (Wildman–Crippen LogP) is 4.53. The molecule has 20 heavy (non-hydrogen) atoms. The van der Waals surface area contributed by atoms with Crippen LogP contribution in [-0.2, 0) is 13.2 Å². The summed E-state index contributed by atoms with van der Waals surface area (Å²) in [5.74, 6) is -1.26. The molecule has 0 aromatic heterocycles. The minimum Gasteiger partial charge on any atom is -0.486 e. The highest BCUT2D eigenvalue weighted by Crippen LogP contribution is 2.35. The van der Waals surface area contributed by atoms with Crippen molar-refractivity contribution in [1.29, 1.82) is 0 Å². The molecule has 0 aliphatic carbocycles. The van der Waals surface area contributed by atoms with Gasteiger partial charge in [0.05, 0.1) is 8.95 Å². The van der Waals surface area contributed by atoms with Gasteiger partial charge in [-0.2, -0.15) is 0 Å². The molecule has 2 aromatic rings. The molecule has 2 nitrogen and oxygen atoms in total. The van der Waals surface area contributed by atoms with Crippen LogP contribution in [-0.4, -0.2) is 0 Å². The van der Waals surface area contributed by atoms with E-state index in [0.29, 0.717) is 21.2 Å². The third-order valence-electron chi connectivity index (χ3n) is 2.70. The van der Waals surface area contributed by atoms with Crippen molar-refractivity contribution in [3.05, 3.63) is 62.0 Å². The normalized spacial score (nSPS) is 10.7. The Bertz CT molecular complexity index is 612. The molecule has 0 radical (unpaired) electrons. The van der Waals surface area contributed by atoms with E-state index in [1.54, 1.807) is 0 Å². The lowest BCUT2D eigenvalue weighted by atomic mass is 10.2. The van der Waals surface area contributed by atoms with E-state index < -0.39 is 11.6 Å². The summed E-state index contributed by atoms with van der Waals surface area (Å²) >= 11 is 6.73. The van der Waals surface area contributed by atoms with Gasteiger partial charge >= 0.3 is 0 Å². The third kappa shape index (κ3) is 3.37. The predicted molar refractivity (Wildman–Crippen MR) is 80.4 cm³/mol. The number of hydrogen-bond acceptors (Lipinski definition) is 2. The number of ether oxygens (including phenoxy) is 1. The number of halogens is 4. The first-order chi connectivity index (χ1) is 9.52. The largest absolute Gasteiger partial charge is 0.486 e. The Labute approximate surface area is 132 Å². The van der Waals surface area contributed by atoms with Crippen LogP contribution in [0.1, 0.15) is 11.1 Å². The lowest BCUT2D eigenvalue weighted by molar-refractivity contribution is 0.293. The molecule has 0 unspecified atom stereocenters. The first kappa shape index (κ1) is 15.4. The van der Waals surface area contributed by atoms with Gasteiger partial charge in [-0.05, 0) is 55.6 Å². The highest BCUT2D eigenvalue weighted by molar-refractivity contribution is 9.11. The van der Waals surface area contributed by atoms with Crippen molar-refractivity contribution in [2.24, 2.45) is 5.73 Å². The summed E-state index contributed by atoms with van der Waals surface area (Å²) < 4.78 is 33.6. The van der Waals surface area contributed by atoms with Crippen molar-refractivity contribution >= 4 is 31.9 Å². The second kappa shape index (κ2) is 6.65. The van der Waals surface area contributed by atoms with E-state index in [0.717, 1.165) is 11.6 Å². The number of hydrogen-bond donors (Lipinski definition) is 1. The third-order valence-corrected chi connectivity index (χ3v) is 3.88. The molecule has 2 N–H and O–H groups in total. The van der Waals surface area contributed by atoms with Crippen LogP contribution in [0.4, 0.5) is 8.78 Å². The standard InChI is InChI=1S/C14H11Br2F2NO/c15-10-4-8(6-19)5-11(16)14(10)20-7-9-2-1-3-12(17)13(9)18/h1-5H,6-7,19H2. The summed E-state index contributed by atoms with van der Waals surface area (Å²) in [5, 5.41) is 0. The molecule has 0 heterocycles. The van der Waals surface area contributed by atoms with Crippen LogP contribution in [0.15, 0.2) is 39.3 Å². The summed E-state index contributed by atoms with van der Waals surface area (Å²) in [7, 11) is 0. The maximum absolute atomic E-state index is 13.5. The molecule has 2 aromatic carbocycles. The zero-order valence-corrected chi connectivity index (χ0v) is 13.5. The fourth-order valence-electron chi connectivity index (χ4n) is 1.68. The number of rotatable bonds is 4. The van der Waals surface area contributed by atoms with Gasteiger partial charge in [0.1, 0.15) is 12.4 Å². The maximum Gasteiger partial charge on any atom is 0.165 e. The van der Waals surface area contributed by atoms with Crippen molar-refractivity contribution in [2.45, 2.75) is 13.2 Å². The molecule has 0 bridgehead atoms. The number of benzene rings is 2. The SMILES string of the molecule is NCc1cc(Br)c(OCc2cccc(F)c2F)c(Br)c1. The summed E-state index contributed by atoms with van der Waals surface area (Å²) in [6.07, 6.45) is 0. The van der Waals surface area contributed by atoms with Gasteiger partial charge in [-0.3, -0.25) is 0 Å². The highest BCUT2D eigenvalue weighted by Gasteiger charge is 2.12. The average Bonchev–Trinajstić information content (AvgIpc) is 2.42. The Kier molecular flexibility index (Phi) is 5.12. The van der Waals surface area contributed by atoms with Crippen molar-refractivity contribution in [2.75, 3.05) is 0 Å². The van der Waals surface area contributed by atoms with Gasteiger partial charge in [0.25, 0.3) is 0 Å². The first-order valence-corrected chi connectivity index (χ1v) is 7.35. The Morgan fingerprint density at radius 2 is 1.75 bits per heavy atom. The molecule has 0 atom stereocenters. The van der Waals surface area contributed by atoms with Crippen molar-refractivity contribution in [1.82, 2.24) is 0 Å². The van der Waals surface area contributed by atoms with Crippen LogP contribution in [0, 0.1) is 11.6 Å². The number of nitrogens with two attached hydrogens (primary N) is 1. The second-order valence-corrected chi connectivity index (χ2v) is 5.80. The molecule has 0 amide bonds. The fraction of sp³-hybridized carbons (Fsp3) is 0.143. The lowest BCUT2D eigenvalue weighted by Gasteiger charge is -2.12. The molecular weight excluding hydrogens is 396 g/mol. The molecular formula is C14H11Br2F2NO. The van der Waals surface area contributed by atoms with Gasteiger partial charge in [0.15, 0.2) is 11.6 Å². The van der Waals surface area contributed by atoms with Crippen LogP contribution in [0.5, 0.6) is 5.75 Å². The Hall–Kier alpha value is -0.980. The summed E-state index contributed by atoms with van der Waals surface area (Å²) in [6, 6.07) is 7.64. The highest BCUT2D eigenvalue weighted by atomic mass is 79.9. The maximum atomic E-state index is 13.5. The quantitative estimate of drug-likeness (QED) is 0.809. The minimum atomic E-state index is -0.890. The Morgan fingerprint density at radius 1 is 1.10 bits per heavy atom. The monoisotopic (exact) mass is 405 g/mol. The molecule has 2 rings (SSSR count). The molecule has 0 saturated carbocycles. The van der Waals surface area contributed by atoms with Gasteiger partial charge in [-0.25, -0.2) is 8.78 Å². The Morgan fingerprint density at radius 3 is 2.35 bits per heavy atom. The lowest BCUT2D eigenvalue weighted by Crippen LogP contribution is -2.02. The summed E-state index contributed by atoms with van der Waals surface area (Å²) in [5.41, 5.74) is 6.65. The van der Waals surface area contributed by atoms with Crippen molar-refractivity contribution in [3.8, 4) is 5.75 Å². The molecule has 0 saturated heterocycles. The van der Waals surface area contributed by atoms with E-state index >= 15 is 0 Å². The molecule has 106 valence electrons. The fourth-order valence-corrected chi connectivity index (χ4v) is 3.19. The van der Waals surface area contributed by atoms with Crippen LogP contribution in [0.2, 0.25) is 0 Å². The summed E-state index contributed by atoms with van der Waals surface area (Å²) in [4.78, 5) is 0. The molecule has 0 aliphatic heterocycles. The van der Waals surface area contributed by atoms with Gasteiger partial charge in [0.2, 0.25) is 0 Å². The minimum absolute atomic E-state index is 0.0667. The van der Waals surface area contributed by atoms with E-state index in [2.05, 4.69) is 31.9 Å². The van der Waals surface area contributed by atoms with E-state index in [1.165, 1.54) is 12.1 Å². The second-order valence-electron chi connectivity index (χ2n) is 4.09. The smallest absolute Gasteiger partial charge is 0.165 e. The zero-order chi connectivity index (χ0) is 14.7. The van der Waals surface area contributed by atoms with Gasteiger partial charge in [0, 0.05) is 12.1 Å². The van der Waals surface area contributed by atoms with E-state index in [-0.39, 0.29) is 12.2 Å². The van der Waals surface area contributed by atoms with Gasteiger partial charge < -0.3 is 10.5 Å². The zero-order valence-electron chi connectivity index (χ0n) is 10.3. The van der Waals surface area contributed by atoms with Gasteiger partial charge in [-0.15, -0.1) is 0 Å². The summed E-state index contributed by atoms with van der Waals surface area (Å²) in [6.45, 7) is 0.332. The van der Waals surface area contributed by atoms with Gasteiger partial charge in [-0.1, -0.05) is 12.1 Å². The van der Waals surface area contributed by atoms with E-state index in [4.69, 9.17) is 10.5 Å². The van der Waals surface area contributed by atoms with E-state index in [1.807, 2.05) is 12.1 Å². The first-order valence-electron chi connectivity index (χ1n) is 5.76. The molecule has 0 aliphatic rings. The topological polar surface area (TPSA) is 35.2 Å². The van der Waals surface area contributed by atoms with Crippen LogP contribution >= 0.6 is 31.9 Å². The van der Waals surface area contributed by atoms with Crippen molar-refractivity contribution in [3.63, 3.8) is 0 Å². The van der Waals surface area contributed by atoms with E-state index in [9.17, 15) is 8.78 Å². The molecule has 0 fully saturated rings. The molecule has 6 heteroatoms. The average molecular weight is 407 g/mol. The van der Waals surface area contributed by atoms with Crippen molar-refractivity contribution < 1.29 is 13.5 Å². The van der Waals surface area contributed by atoms with Crippen LogP contribution in [0.3, 0.4) is 0 Å². The molecule has 0 spiro atoms. The van der Waals surface area contributed by atoms with Crippen LogP contribution in [0.25, 0.3) is 0 Å². The Balaban J connectivity index is 2.21.